The van der Waals surface area contributed by atoms with Crippen molar-refractivity contribution in [2.75, 3.05) is 47.6 Å². The number of amides is 1. The number of ether oxygens (including phenoxy) is 3. The molecule has 0 aliphatic rings. The number of furan rings is 1. The molecule has 0 atom stereocenters. The Morgan fingerprint density at radius 3 is 2.22 bits per heavy atom. The number of sulfonamides is 1. The molecular weight excluding hydrogens is 544 g/mol. The van der Waals surface area contributed by atoms with Gasteiger partial charge in [0.2, 0.25) is 15.9 Å². The third-order valence-corrected chi connectivity index (χ3v) is 8.68. The van der Waals surface area contributed by atoms with Gasteiger partial charge in [0, 0.05) is 26.8 Å². The zero-order valence-electron chi connectivity index (χ0n) is 24.9. The highest BCUT2D eigenvalue weighted by atomic mass is 32.2. The molecule has 0 radical (unpaired) electrons. The molecule has 0 aliphatic heterocycles. The first-order valence-corrected chi connectivity index (χ1v) is 15.0. The molecule has 41 heavy (non-hydrogen) atoms. The molecule has 1 heterocycles. The lowest BCUT2D eigenvalue weighted by Gasteiger charge is -2.27. The Morgan fingerprint density at radius 1 is 0.927 bits per heavy atom. The first-order valence-electron chi connectivity index (χ1n) is 13.6. The van der Waals surface area contributed by atoms with E-state index >= 15 is 0 Å². The minimum atomic E-state index is -3.94. The van der Waals surface area contributed by atoms with E-state index in [1.165, 1.54) is 4.31 Å². The van der Waals surface area contributed by atoms with E-state index in [4.69, 9.17) is 18.6 Å². The van der Waals surface area contributed by atoms with Crippen LogP contribution in [0.25, 0.3) is 0 Å². The number of carbonyl (C=O) groups excluding carboxylic acids is 1. The van der Waals surface area contributed by atoms with E-state index in [1.54, 1.807) is 56.8 Å². The lowest BCUT2D eigenvalue weighted by molar-refractivity contribution is -0.132. The first kappa shape index (κ1) is 32.2. The van der Waals surface area contributed by atoms with Crippen molar-refractivity contribution in [3.63, 3.8) is 0 Å². The lowest BCUT2D eigenvalue weighted by atomic mass is 9.87. The minimum Gasteiger partial charge on any atom is -0.493 e. The van der Waals surface area contributed by atoms with Gasteiger partial charge in [-0.15, -0.1) is 0 Å². The fraction of sp³-hybridized carbons (Fsp3) is 0.452. The quantitative estimate of drug-likeness (QED) is 0.234. The largest absolute Gasteiger partial charge is 0.493 e. The maximum atomic E-state index is 13.7. The zero-order chi connectivity index (χ0) is 30.0. The Kier molecular flexibility index (Phi) is 11.4. The minimum absolute atomic E-state index is 0.114. The molecule has 0 bridgehead atoms. The summed E-state index contributed by atoms with van der Waals surface area (Å²) in [4.78, 5) is 15.5. The first-order chi connectivity index (χ1) is 19.5. The maximum absolute atomic E-state index is 13.7. The average Bonchev–Trinajstić information content (AvgIpc) is 3.47. The van der Waals surface area contributed by atoms with E-state index in [9.17, 15) is 13.2 Å². The van der Waals surface area contributed by atoms with Crippen LogP contribution in [0, 0.1) is 0 Å². The SMILES string of the molecule is COCCCN(CC(=O)N(CCc1ccc(OC)c(OC)c1)Cc1ccco1)S(=O)(=O)c1ccc(C(C)(C)C)cc1. The second kappa shape index (κ2) is 14.5. The van der Waals surface area contributed by atoms with Crippen molar-refractivity contribution in [2.45, 2.75) is 50.5 Å². The van der Waals surface area contributed by atoms with Gasteiger partial charge < -0.3 is 23.5 Å². The van der Waals surface area contributed by atoms with Crippen LogP contribution in [0.2, 0.25) is 0 Å². The average molecular weight is 587 g/mol. The van der Waals surface area contributed by atoms with Crippen LogP contribution in [0.5, 0.6) is 11.5 Å². The molecule has 0 fully saturated rings. The van der Waals surface area contributed by atoms with Gasteiger partial charge in [0.25, 0.3) is 0 Å². The summed E-state index contributed by atoms with van der Waals surface area (Å²) in [6, 6.07) is 16.0. The second-order valence-electron chi connectivity index (χ2n) is 10.8. The van der Waals surface area contributed by atoms with E-state index < -0.39 is 10.0 Å². The molecule has 1 aromatic heterocycles. The fourth-order valence-corrected chi connectivity index (χ4v) is 5.81. The molecule has 1 amide bonds. The third kappa shape index (κ3) is 8.82. The van der Waals surface area contributed by atoms with Gasteiger partial charge in [-0.25, -0.2) is 8.42 Å². The van der Waals surface area contributed by atoms with Gasteiger partial charge in [0.05, 0.1) is 38.5 Å². The maximum Gasteiger partial charge on any atom is 0.243 e. The van der Waals surface area contributed by atoms with Crippen molar-refractivity contribution in [1.29, 1.82) is 0 Å². The molecule has 224 valence electrons. The van der Waals surface area contributed by atoms with Crippen molar-refractivity contribution in [2.24, 2.45) is 0 Å². The van der Waals surface area contributed by atoms with E-state index in [2.05, 4.69) is 20.8 Å². The number of methoxy groups -OCH3 is 3. The Morgan fingerprint density at radius 2 is 1.63 bits per heavy atom. The number of hydrogen-bond donors (Lipinski definition) is 0. The standard InChI is InChI=1S/C31H42N2O7S/c1-31(2,3)25-11-13-27(14-12-25)41(35,36)33(17-8-19-37-4)23-30(34)32(22-26-9-7-20-40-26)18-16-24-10-15-28(38-5)29(21-24)39-6/h7,9-15,20-21H,8,16-19,22-23H2,1-6H3. The van der Waals surface area contributed by atoms with Crippen molar-refractivity contribution in [3.8, 4) is 11.5 Å². The van der Waals surface area contributed by atoms with Crippen molar-refractivity contribution >= 4 is 15.9 Å². The molecule has 0 N–H and O–H groups in total. The summed E-state index contributed by atoms with van der Waals surface area (Å²) < 4.78 is 50.1. The monoisotopic (exact) mass is 586 g/mol. The highest BCUT2D eigenvalue weighted by Gasteiger charge is 2.29. The van der Waals surface area contributed by atoms with Crippen LogP contribution in [-0.4, -0.2) is 71.1 Å². The van der Waals surface area contributed by atoms with Crippen molar-refractivity contribution in [1.82, 2.24) is 9.21 Å². The van der Waals surface area contributed by atoms with Gasteiger partial charge >= 0.3 is 0 Å². The summed E-state index contributed by atoms with van der Waals surface area (Å²) >= 11 is 0. The summed E-state index contributed by atoms with van der Waals surface area (Å²) in [6.07, 6.45) is 2.53. The van der Waals surface area contributed by atoms with Crippen LogP contribution in [0.3, 0.4) is 0 Å². The second-order valence-corrected chi connectivity index (χ2v) is 12.7. The number of rotatable bonds is 15. The number of hydrogen-bond acceptors (Lipinski definition) is 7. The van der Waals surface area contributed by atoms with Crippen molar-refractivity contribution in [3.05, 3.63) is 77.7 Å². The summed E-state index contributed by atoms with van der Waals surface area (Å²) in [5, 5.41) is 0. The van der Waals surface area contributed by atoms with Gasteiger partial charge in [0.15, 0.2) is 11.5 Å². The highest BCUT2D eigenvalue weighted by molar-refractivity contribution is 7.89. The molecule has 0 spiro atoms. The molecule has 10 heteroatoms. The predicted octanol–water partition coefficient (Wildman–Crippen LogP) is 4.89. The van der Waals surface area contributed by atoms with Gasteiger partial charge in [0.1, 0.15) is 5.76 Å². The molecule has 3 aromatic rings. The van der Waals surface area contributed by atoms with E-state index in [0.717, 1.165) is 11.1 Å². The summed E-state index contributed by atoms with van der Waals surface area (Å²) in [5.74, 6) is 1.50. The van der Waals surface area contributed by atoms with Crippen LogP contribution in [0.4, 0.5) is 0 Å². The molecule has 0 saturated heterocycles. The van der Waals surface area contributed by atoms with Gasteiger partial charge in [-0.3, -0.25) is 4.79 Å². The van der Waals surface area contributed by atoms with Gasteiger partial charge in [-0.2, -0.15) is 4.31 Å². The molecule has 9 nitrogen and oxygen atoms in total. The zero-order valence-corrected chi connectivity index (χ0v) is 25.7. The van der Waals surface area contributed by atoms with Crippen molar-refractivity contribution < 1.29 is 31.8 Å². The predicted molar refractivity (Wildman–Crippen MR) is 158 cm³/mol. The fourth-order valence-electron chi connectivity index (χ4n) is 4.38. The Hall–Kier alpha value is -3.34. The van der Waals surface area contributed by atoms with Gasteiger partial charge in [-0.1, -0.05) is 39.0 Å². The molecule has 0 unspecified atom stereocenters. The van der Waals surface area contributed by atoms with Crippen LogP contribution < -0.4 is 9.47 Å². The van der Waals surface area contributed by atoms with Gasteiger partial charge in [-0.05, 0) is 65.8 Å². The molecule has 0 saturated carbocycles. The Bertz CT molecular complexity index is 1350. The normalized spacial score (nSPS) is 12.0. The summed E-state index contributed by atoms with van der Waals surface area (Å²) in [5.41, 5.74) is 1.86. The molecule has 3 rings (SSSR count). The Balaban J connectivity index is 1.84. The summed E-state index contributed by atoms with van der Waals surface area (Å²) in [6.45, 7) is 6.99. The van der Waals surface area contributed by atoms with E-state index in [-0.39, 0.29) is 35.9 Å². The third-order valence-electron chi connectivity index (χ3n) is 6.82. The number of nitrogens with zero attached hydrogens (tertiary/aromatic N) is 2. The van der Waals surface area contributed by atoms with Crippen LogP contribution in [-0.2, 0) is 37.9 Å². The number of carbonyl (C=O) groups is 1. The molecular formula is C31H42N2O7S. The topological polar surface area (TPSA) is 98.5 Å². The van der Waals surface area contributed by atoms with E-state index in [1.807, 2.05) is 30.3 Å². The molecule has 2 aromatic carbocycles. The highest BCUT2D eigenvalue weighted by Crippen LogP contribution is 2.28. The van der Waals surface area contributed by atoms with Crippen LogP contribution in [0.1, 0.15) is 44.1 Å². The smallest absolute Gasteiger partial charge is 0.243 e. The van der Waals surface area contributed by atoms with E-state index in [0.29, 0.717) is 43.3 Å². The lowest BCUT2D eigenvalue weighted by Crippen LogP contribution is -2.43. The number of benzene rings is 2. The van der Waals surface area contributed by atoms with Crippen LogP contribution in [0.15, 0.2) is 70.2 Å². The summed E-state index contributed by atoms with van der Waals surface area (Å²) in [7, 11) is 0.771. The Labute approximate surface area is 244 Å². The molecule has 0 aliphatic carbocycles. The van der Waals surface area contributed by atoms with Crippen LogP contribution >= 0.6 is 0 Å².